The maximum Gasteiger partial charge on any atom is 0.336 e. The maximum atomic E-state index is 11.8. The van der Waals surface area contributed by atoms with Crippen LogP contribution >= 0.6 is 0 Å². The summed E-state index contributed by atoms with van der Waals surface area (Å²) in [4.78, 5) is 23.4. The third-order valence-electron chi connectivity index (χ3n) is 4.06. The summed E-state index contributed by atoms with van der Waals surface area (Å²) in [7, 11) is 0. The van der Waals surface area contributed by atoms with Gasteiger partial charge < -0.3 is 4.42 Å². The van der Waals surface area contributed by atoms with Gasteiger partial charge in [0.25, 0.3) is 0 Å². The minimum Gasteiger partial charge on any atom is -0.423 e. The molecule has 0 radical (unpaired) electrons. The number of rotatable bonds is 3. The number of ketones is 1. The highest BCUT2D eigenvalue weighted by molar-refractivity contribution is 5.93. The minimum absolute atomic E-state index is 0.0169. The molecule has 0 atom stereocenters. The van der Waals surface area contributed by atoms with Gasteiger partial charge in [-0.2, -0.15) is 0 Å². The van der Waals surface area contributed by atoms with E-state index in [1.54, 1.807) is 19.2 Å². The van der Waals surface area contributed by atoms with E-state index in [1.807, 2.05) is 42.8 Å². The molecule has 0 spiro atoms. The Kier molecular flexibility index (Phi) is 3.82. The largest absolute Gasteiger partial charge is 0.423 e. The molecule has 0 aliphatic carbocycles. The standard InChI is InChI=1S/C19H18NO3/c1-12-7-17-16(9-19(22)23-18(17)8-13(12)2)11-20-6-4-5-15(10-20)14(3)21/h4-10H,11H2,1-3H3/q+1. The molecular formula is C19H18NO3+. The lowest BCUT2D eigenvalue weighted by molar-refractivity contribution is -0.688. The molecule has 0 bridgehead atoms. The monoisotopic (exact) mass is 308 g/mol. The molecule has 4 heteroatoms. The summed E-state index contributed by atoms with van der Waals surface area (Å²) < 4.78 is 7.22. The highest BCUT2D eigenvalue weighted by Gasteiger charge is 2.13. The first-order valence-corrected chi connectivity index (χ1v) is 7.48. The number of hydrogen-bond donors (Lipinski definition) is 0. The zero-order valence-corrected chi connectivity index (χ0v) is 13.4. The molecule has 0 saturated carbocycles. The second kappa shape index (κ2) is 5.80. The van der Waals surface area contributed by atoms with Crippen LogP contribution in [-0.2, 0) is 6.54 Å². The molecule has 2 aromatic heterocycles. The molecular weight excluding hydrogens is 290 g/mol. The van der Waals surface area contributed by atoms with Crippen LogP contribution in [0.4, 0.5) is 0 Å². The second-order valence-electron chi connectivity index (χ2n) is 5.84. The number of fused-ring (bicyclic) bond motifs is 1. The quantitative estimate of drug-likeness (QED) is 0.425. The van der Waals surface area contributed by atoms with Crippen LogP contribution in [0.2, 0.25) is 0 Å². The number of aryl methyl sites for hydroxylation is 2. The third-order valence-corrected chi connectivity index (χ3v) is 4.06. The van der Waals surface area contributed by atoms with E-state index < -0.39 is 0 Å². The van der Waals surface area contributed by atoms with Crippen molar-refractivity contribution in [3.63, 3.8) is 0 Å². The molecule has 116 valence electrons. The molecule has 1 aromatic carbocycles. The molecule has 0 N–H and O–H groups in total. The summed E-state index contributed by atoms with van der Waals surface area (Å²) in [5.41, 5.74) is 3.99. The number of Topliss-reactive ketones (excluding diaryl/α,β-unsaturated/α-hetero) is 1. The van der Waals surface area contributed by atoms with Crippen LogP contribution in [0, 0.1) is 13.8 Å². The van der Waals surface area contributed by atoms with Crippen molar-refractivity contribution in [2.45, 2.75) is 27.3 Å². The Morgan fingerprint density at radius 3 is 2.65 bits per heavy atom. The number of nitrogens with zero attached hydrogens (tertiary/aromatic N) is 1. The van der Waals surface area contributed by atoms with E-state index in [2.05, 4.69) is 0 Å². The van der Waals surface area contributed by atoms with Crippen molar-refractivity contribution in [1.29, 1.82) is 0 Å². The van der Waals surface area contributed by atoms with Crippen LogP contribution in [0.15, 0.2) is 51.9 Å². The first kappa shape index (κ1) is 15.2. The first-order valence-electron chi connectivity index (χ1n) is 7.48. The molecule has 0 unspecified atom stereocenters. The van der Waals surface area contributed by atoms with Gasteiger partial charge in [0.2, 0.25) is 0 Å². The van der Waals surface area contributed by atoms with E-state index >= 15 is 0 Å². The average molecular weight is 308 g/mol. The number of carbonyl (C=O) groups excluding carboxylic acids is 1. The van der Waals surface area contributed by atoms with Gasteiger partial charge in [-0.15, -0.1) is 0 Å². The average Bonchev–Trinajstić information content (AvgIpc) is 2.49. The summed E-state index contributed by atoms with van der Waals surface area (Å²) in [6.45, 7) is 6.07. The van der Waals surface area contributed by atoms with E-state index in [9.17, 15) is 9.59 Å². The number of pyridine rings is 1. The molecule has 3 aromatic rings. The lowest BCUT2D eigenvalue weighted by Gasteiger charge is -2.06. The summed E-state index contributed by atoms with van der Waals surface area (Å²) in [6, 6.07) is 9.07. The number of benzene rings is 1. The lowest BCUT2D eigenvalue weighted by Crippen LogP contribution is -2.34. The van der Waals surface area contributed by atoms with Gasteiger partial charge in [0.1, 0.15) is 5.58 Å². The summed E-state index contributed by atoms with van der Waals surface area (Å²) in [6.07, 6.45) is 3.68. The molecule has 23 heavy (non-hydrogen) atoms. The third kappa shape index (κ3) is 3.06. The predicted molar refractivity (Wildman–Crippen MR) is 87.7 cm³/mol. The summed E-state index contributed by atoms with van der Waals surface area (Å²) in [5, 5.41) is 0.924. The Labute approximate surface area is 134 Å². The van der Waals surface area contributed by atoms with Crippen molar-refractivity contribution < 1.29 is 13.8 Å². The van der Waals surface area contributed by atoms with Gasteiger partial charge in [0.05, 0.1) is 5.56 Å². The Hall–Kier alpha value is -2.75. The smallest absolute Gasteiger partial charge is 0.336 e. The number of aromatic nitrogens is 1. The van der Waals surface area contributed by atoms with E-state index in [0.29, 0.717) is 17.7 Å². The molecule has 0 aliphatic rings. The molecule has 0 aliphatic heterocycles. The van der Waals surface area contributed by atoms with Crippen LogP contribution in [0.1, 0.15) is 34.0 Å². The molecule has 2 heterocycles. The number of hydrogen-bond acceptors (Lipinski definition) is 3. The maximum absolute atomic E-state index is 11.8. The molecule has 3 rings (SSSR count). The Morgan fingerprint density at radius 2 is 1.91 bits per heavy atom. The van der Waals surface area contributed by atoms with Gasteiger partial charge in [0, 0.05) is 23.1 Å². The van der Waals surface area contributed by atoms with Crippen molar-refractivity contribution in [2.75, 3.05) is 0 Å². The molecule has 4 nitrogen and oxygen atoms in total. The van der Waals surface area contributed by atoms with Crippen LogP contribution in [0.3, 0.4) is 0 Å². The van der Waals surface area contributed by atoms with Crippen LogP contribution in [0.5, 0.6) is 0 Å². The van der Waals surface area contributed by atoms with Crippen molar-refractivity contribution in [1.82, 2.24) is 0 Å². The Morgan fingerprint density at radius 1 is 1.17 bits per heavy atom. The van der Waals surface area contributed by atoms with E-state index in [-0.39, 0.29) is 11.4 Å². The van der Waals surface area contributed by atoms with E-state index in [0.717, 1.165) is 22.1 Å². The van der Waals surface area contributed by atoms with Crippen molar-refractivity contribution in [2.24, 2.45) is 0 Å². The fraction of sp³-hybridized carbons (Fsp3) is 0.211. The highest BCUT2D eigenvalue weighted by Crippen LogP contribution is 2.21. The van der Waals surface area contributed by atoms with E-state index in [4.69, 9.17) is 4.42 Å². The van der Waals surface area contributed by atoms with Gasteiger partial charge in [-0.05, 0) is 50.1 Å². The van der Waals surface area contributed by atoms with Gasteiger partial charge in [-0.1, -0.05) is 0 Å². The highest BCUT2D eigenvalue weighted by atomic mass is 16.4. The minimum atomic E-state index is -0.362. The van der Waals surface area contributed by atoms with Gasteiger partial charge in [-0.25, -0.2) is 9.36 Å². The fourth-order valence-corrected chi connectivity index (χ4v) is 2.64. The second-order valence-corrected chi connectivity index (χ2v) is 5.84. The zero-order valence-electron chi connectivity index (χ0n) is 13.4. The predicted octanol–water partition coefficient (Wildman–Crippen LogP) is 2.95. The SMILES string of the molecule is CC(=O)c1ccc[n+](Cc2cc(=O)oc3cc(C)c(C)cc23)c1. The van der Waals surface area contributed by atoms with Crippen LogP contribution in [-0.4, -0.2) is 5.78 Å². The lowest BCUT2D eigenvalue weighted by atomic mass is 10.0. The van der Waals surface area contributed by atoms with Crippen LogP contribution in [0.25, 0.3) is 11.0 Å². The van der Waals surface area contributed by atoms with E-state index in [1.165, 1.54) is 6.07 Å². The number of carbonyl (C=O) groups is 1. The van der Waals surface area contributed by atoms with Crippen molar-refractivity contribution >= 4 is 16.8 Å². The Balaban J connectivity index is 2.13. The molecule has 0 amide bonds. The van der Waals surface area contributed by atoms with Gasteiger partial charge >= 0.3 is 5.63 Å². The van der Waals surface area contributed by atoms with Crippen molar-refractivity contribution in [3.05, 3.63) is 75.4 Å². The topological polar surface area (TPSA) is 51.2 Å². The van der Waals surface area contributed by atoms with Crippen molar-refractivity contribution in [3.8, 4) is 0 Å². The summed E-state index contributed by atoms with van der Waals surface area (Å²) in [5.74, 6) is 0.0169. The fourth-order valence-electron chi connectivity index (χ4n) is 2.64. The normalized spacial score (nSPS) is 10.9. The molecule has 0 fully saturated rings. The zero-order chi connectivity index (χ0) is 16.6. The van der Waals surface area contributed by atoms with Gasteiger partial charge in [0.15, 0.2) is 24.7 Å². The van der Waals surface area contributed by atoms with Gasteiger partial charge in [-0.3, -0.25) is 4.79 Å². The Bertz CT molecular complexity index is 970. The van der Waals surface area contributed by atoms with Crippen LogP contribution < -0.4 is 10.2 Å². The first-order chi connectivity index (χ1) is 10.9. The molecule has 0 saturated heterocycles. The summed E-state index contributed by atoms with van der Waals surface area (Å²) >= 11 is 0.